The molecular weight excluding hydrogens is 340 g/mol. The molecule has 5 rings (SSSR count). The Balaban J connectivity index is 1.62. The maximum atomic E-state index is 2.51. The number of aryl methyl sites for hydroxylation is 1. The molecule has 4 unspecified atom stereocenters. The fourth-order valence-corrected chi connectivity index (χ4v) is 10.9. The zero-order valence-electron chi connectivity index (χ0n) is 15.6. The second-order valence-corrected chi connectivity index (χ2v) is 12.1. The molecule has 0 radical (unpaired) electrons. The molecular formula is C23H32S2. The minimum absolute atomic E-state index is 0.562. The molecule has 2 saturated carbocycles. The van der Waals surface area contributed by atoms with Crippen LogP contribution in [0.1, 0.15) is 75.3 Å². The average Bonchev–Trinajstić information content (AvgIpc) is 3.32. The SMILES string of the molecule is CCCCC12CCc3ccccc3C1CC1(SCCS1)C1CCCC12. The maximum Gasteiger partial charge on any atom is 0.0648 e. The van der Waals surface area contributed by atoms with Crippen molar-refractivity contribution in [3.8, 4) is 0 Å². The Bertz CT molecular complexity index is 633. The lowest BCUT2D eigenvalue weighted by Gasteiger charge is -2.60. The smallest absolute Gasteiger partial charge is 0.0648 e. The normalized spacial score (nSPS) is 38.4. The van der Waals surface area contributed by atoms with Gasteiger partial charge in [-0.05, 0) is 72.8 Å². The molecule has 4 atom stereocenters. The van der Waals surface area contributed by atoms with Crippen LogP contribution in [-0.4, -0.2) is 15.6 Å². The summed E-state index contributed by atoms with van der Waals surface area (Å²) in [4.78, 5) is 0. The van der Waals surface area contributed by atoms with E-state index >= 15 is 0 Å². The van der Waals surface area contributed by atoms with E-state index in [4.69, 9.17) is 0 Å². The first-order chi connectivity index (χ1) is 12.3. The van der Waals surface area contributed by atoms with E-state index in [0.717, 1.165) is 17.8 Å². The molecule has 0 bridgehead atoms. The third-order valence-corrected chi connectivity index (χ3v) is 11.8. The second kappa shape index (κ2) is 6.51. The molecule has 4 aliphatic rings. The van der Waals surface area contributed by atoms with Gasteiger partial charge in [0.15, 0.2) is 0 Å². The number of benzene rings is 1. The van der Waals surface area contributed by atoms with Crippen LogP contribution in [0.25, 0.3) is 0 Å². The summed E-state index contributed by atoms with van der Waals surface area (Å²) in [5, 5.41) is 0. The van der Waals surface area contributed by atoms with Crippen molar-refractivity contribution in [2.45, 2.75) is 74.7 Å². The number of hydrogen-bond acceptors (Lipinski definition) is 2. The Kier molecular flexibility index (Phi) is 4.44. The van der Waals surface area contributed by atoms with Crippen molar-refractivity contribution in [3.63, 3.8) is 0 Å². The summed E-state index contributed by atoms with van der Waals surface area (Å²) in [6.45, 7) is 2.39. The monoisotopic (exact) mass is 372 g/mol. The summed E-state index contributed by atoms with van der Waals surface area (Å²) >= 11 is 4.72. The highest BCUT2D eigenvalue weighted by Gasteiger charge is 2.62. The predicted molar refractivity (Wildman–Crippen MR) is 113 cm³/mol. The van der Waals surface area contributed by atoms with E-state index in [1.807, 2.05) is 0 Å². The summed E-state index contributed by atoms with van der Waals surface area (Å²) in [6.07, 6.45) is 13.1. The van der Waals surface area contributed by atoms with Gasteiger partial charge in [0.25, 0.3) is 0 Å². The van der Waals surface area contributed by atoms with Gasteiger partial charge in [0.1, 0.15) is 0 Å². The van der Waals surface area contributed by atoms with E-state index in [0.29, 0.717) is 9.49 Å². The first-order valence-electron chi connectivity index (χ1n) is 10.6. The third kappa shape index (κ3) is 2.49. The summed E-state index contributed by atoms with van der Waals surface area (Å²) in [6, 6.07) is 9.53. The topological polar surface area (TPSA) is 0 Å². The molecule has 0 amide bonds. The quantitative estimate of drug-likeness (QED) is 0.566. The van der Waals surface area contributed by atoms with Gasteiger partial charge < -0.3 is 0 Å². The van der Waals surface area contributed by atoms with Crippen LogP contribution in [0.15, 0.2) is 24.3 Å². The second-order valence-electron chi connectivity index (χ2n) is 8.94. The van der Waals surface area contributed by atoms with Gasteiger partial charge in [-0.25, -0.2) is 0 Å². The number of fused-ring (bicyclic) bond motifs is 6. The average molecular weight is 373 g/mol. The van der Waals surface area contributed by atoms with Gasteiger partial charge in [-0.1, -0.05) is 50.5 Å². The van der Waals surface area contributed by atoms with Crippen LogP contribution in [0.4, 0.5) is 0 Å². The van der Waals surface area contributed by atoms with Crippen molar-refractivity contribution in [1.82, 2.24) is 0 Å². The van der Waals surface area contributed by atoms with Crippen molar-refractivity contribution >= 4 is 23.5 Å². The van der Waals surface area contributed by atoms with Gasteiger partial charge in [0.05, 0.1) is 4.08 Å². The molecule has 0 N–H and O–H groups in total. The summed E-state index contributed by atoms with van der Waals surface area (Å²) in [5.41, 5.74) is 4.06. The van der Waals surface area contributed by atoms with E-state index in [1.54, 1.807) is 11.1 Å². The minimum Gasteiger partial charge on any atom is -0.143 e. The van der Waals surface area contributed by atoms with E-state index in [-0.39, 0.29) is 0 Å². The van der Waals surface area contributed by atoms with Gasteiger partial charge in [-0.3, -0.25) is 0 Å². The predicted octanol–water partition coefficient (Wildman–Crippen LogP) is 6.89. The lowest BCUT2D eigenvalue weighted by Crippen LogP contribution is -2.53. The van der Waals surface area contributed by atoms with Crippen LogP contribution < -0.4 is 0 Å². The molecule has 0 nitrogen and oxygen atoms in total. The molecule has 1 spiro atoms. The molecule has 1 aliphatic heterocycles. The first-order valence-corrected chi connectivity index (χ1v) is 12.6. The van der Waals surface area contributed by atoms with Gasteiger partial charge in [-0.15, -0.1) is 23.5 Å². The van der Waals surface area contributed by atoms with E-state index in [2.05, 4.69) is 54.7 Å². The van der Waals surface area contributed by atoms with Crippen molar-refractivity contribution in [3.05, 3.63) is 35.4 Å². The molecule has 2 heteroatoms. The summed E-state index contributed by atoms with van der Waals surface area (Å²) in [7, 11) is 0. The van der Waals surface area contributed by atoms with Crippen LogP contribution >= 0.6 is 23.5 Å². The molecule has 3 aliphatic carbocycles. The highest BCUT2D eigenvalue weighted by atomic mass is 32.2. The molecule has 3 fully saturated rings. The molecule has 1 heterocycles. The van der Waals surface area contributed by atoms with Crippen LogP contribution in [0, 0.1) is 17.3 Å². The van der Waals surface area contributed by atoms with Crippen LogP contribution in [0.3, 0.4) is 0 Å². The zero-order valence-corrected chi connectivity index (χ0v) is 17.3. The van der Waals surface area contributed by atoms with Crippen LogP contribution in [0.2, 0.25) is 0 Å². The first kappa shape index (κ1) is 17.0. The summed E-state index contributed by atoms with van der Waals surface area (Å²) < 4.78 is 0.562. The highest BCUT2D eigenvalue weighted by molar-refractivity contribution is 8.21. The fourth-order valence-electron chi connectivity index (χ4n) is 7.11. The van der Waals surface area contributed by atoms with Gasteiger partial charge in [0, 0.05) is 11.5 Å². The van der Waals surface area contributed by atoms with E-state index in [9.17, 15) is 0 Å². The molecule has 25 heavy (non-hydrogen) atoms. The Labute approximate surface area is 162 Å². The standard InChI is InChI=1S/C23H32S2/c1-2-3-12-22-13-11-17-7-4-5-8-18(17)21(22)16-23(24-14-15-25-23)20-10-6-9-19(20)22/h4-5,7-8,19-21H,2-3,6,9-16H2,1H3. The molecule has 1 aromatic rings. The fraction of sp³-hybridized carbons (Fsp3) is 0.739. The number of rotatable bonds is 3. The molecule has 136 valence electrons. The Morgan fingerprint density at radius 3 is 2.72 bits per heavy atom. The van der Waals surface area contributed by atoms with E-state index < -0.39 is 0 Å². The molecule has 0 aromatic heterocycles. The van der Waals surface area contributed by atoms with Gasteiger partial charge in [0.2, 0.25) is 0 Å². The minimum atomic E-state index is 0.562. The third-order valence-electron chi connectivity index (χ3n) is 8.06. The number of unbranched alkanes of at least 4 members (excludes halogenated alkanes) is 1. The van der Waals surface area contributed by atoms with Crippen molar-refractivity contribution in [2.24, 2.45) is 17.3 Å². The number of hydrogen-bond donors (Lipinski definition) is 0. The Morgan fingerprint density at radius 2 is 1.88 bits per heavy atom. The van der Waals surface area contributed by atoms with Gasteiger partial charge in [-0.2, -0.15) is 0 Å². The zero-order chi connectivity index (χ0) is 16.9. The lowest BCUT2D eigenvalue weighted by atomic mass is 9.49. The highest BCUT2D eigenvalue weighted by Crippen LogP contribution is 2.72. The van der Waals surface area contributed by atoms with Crippen molar-refractivity contribution in [2.75, 3.05) is 11.5 Å². The summed E-state index contributed by atoms with van der Waals surface area (Å²) in [5.74, 6) is 5.63. The Hall–Kier alpha value is -0.0800. The van der Waals surface area contributed by atoms with E-state index in [1.165, 1.54) is 69.3 Å². The van der Waals surface area contributed by atoms with Crippen LogP contribution in [-0.2, 0) is 6.42 Å². The Morgan fingerprint density at radius 1 is 1.08 bits per heavy atom. The molecule has 1 saturated heterocycles. The van der Waals surface area contributed by atoms with Gasteiger partial charge >= 0.3 is 0 Å². The van der Waals surface area contributed by atoms with Crippen LogP contribution in [0.5, 0.6) is 0 Å². The largest absolute Gasteiger partial charge is 0.143 e. The lowest BCUT2D eigenvalue weighted by molar-refractivity contribution is 0.00584. The number of thioether (sulfide) groups is 2. The van der Waals surface area contributed by atoms with Crippen molar-refractivity contribution in [1.29, 1.82) is 0 Å². The maximum absolute atomic E-state index is 2.51. The van der Waals surface area contributed by atoms with Crippen molar-refractivity contribution < 1.29 is 0 Å². The molecule has 1 aromatic carbocycles.